The van der Waals surface area contributed by atoms with Crippen LogP contribution in [0.5, 0.6) is 11.5 Å². The average molecular weight is 472 g/mol. The number of carbonyl (C=O) groups excluding carboxylic acids is 2. The zero-order valence-corrected chi connectivity index (χ0v) is 19.5. The molecule has 0 spiro atoms. The van der Waals surface area contributed by atoms with Gasteiger partial charge in [0.05, 0.1) is 37.5 Å². The second-order valence-corrected chi connectivity index (χ2v) is 8.47. The van der Waals surface area contributed by atoms with Crippen LogP contribution in [0.2, 0.25) is 0 Å². The lowest BCUT2D eigenvalue weighted by molar-refractivity contribution is -0.140. The number of fused-ring (bicyclic) bond motifs is 1. The number of pyridine rings is 1. The smallest absolute Gasteiger partial charge is 0.295 e. The van der Waals surface area contributed by atoms with Crippen LogP contribution in [0.15, 0.2) is 72.6 Å². The van der Waals surface area contributed by atoms with Crippen LogP contribution >= 0.6 is 0 Å². The Labute approximate surface area is 203 Å². The summed E-state index contributed by atoms with van der Waals surface area (Å²) in [6.45, 7) is 1.42. The Morgan fingerprint density at radius 3 is 2.69 bits per heavy atom. The molecule has 1 aromatic heterocycles. The van der Waals surface area contributed by atoms with E-state index in [0.29, 0.717) is 35.8 Å². The number of hydrogen-bond donors (Lipinski definition) is 1. The van der Waals surface area contributed by atoms with Gasteiger partial charge in [-0.25, -0.2) is 0 Å². The lowest BCUT2D eigenvalue weighted by atomic mass is 9.95. The van der Waals surface area contributed by atoms with E-state index in [4.69, 9.17) is 9.47 Å². The van der Waals surface area contributed by atoms with Crippen molar-refractivity contribution in [3.63, 3.8) is 0 Å². The van der Waals surface area contributed by atoms with Gasteiger partial charge < -0.3 is 24.4 Å². The summed E-state index contributed by atoms with van der Waals surface area (Å²) in [5.41, 5.74) is 2.72. The Morgan fingerprint density at radius 2 is 1.91 bits per heavy atom. The fraction of sp³-hybridized carbons (Fsp3) is 0.222. The molecule has 2 aromatic carbocycles. The van der Waals surface area contributed by atoms with Crippen LogP contribution in [0.3, 0.4) is 0 Å². The van der Waals surface area contributed by atoms with E-state index < -0.39 is 17.7 Å². The van der Waals surface area contributed by atoms with E-state index in [9.17, 15) is 14.7 Å². The molecule has 1 N–H and O–H groups in total. The zero-order chi connectivity index (χ0) is 24.5. The number of para-hydroxylation sites is 1. The summed E-state index contributed by atoms with van der Waals surface area (Å²) in [7, 11) is 3.50. The maximum atomic E-state index is 13.3. The van der Waals surface area contributed by atoms with Crippen molar-refractivity contribution in [2.45, 2.75) is 12.6 Å². The summed E-state index contributed by atoms with van der Waals surface area (Å²) in [4.78, 5) is 34.2. The number of amides is 1. The third-order valence-corrected chi connectivity index (χ3v) is 6.42. The first-order valence-corrected chi connectivity index (χ1v) is 11.3. The molecule has 0 saturated carbocycles. The van der Waals surface area contributed by atoms with E-state index in [1.807, 2.05) is 30.1 Å². The minimum absolute atomic E-state index is 0.0374. The molecule has 0 bridgehead atoms. The number of benzene rings is 2. The normalized spacial score (nSPS) is 18.9. The van der Waals surface area contributed by atoms with Crippen molar-refractivity contribution in [1.82, 2.24) is 9.88 Å². The second kappa shape index (κ2) is 9.13. The number of anilines is 1. The number of hydrogen-bond acceptors (Lipinski definition) is 7. The second-order valence-electron chi connectivity index (χ2n) is 8.47. The Morgan fingerprint density at radius 1 is 1.14 bits per heavy atom. The molecule has 1 saturated heterocycles. The molecule has 3 aromatic rings. The predicted molar refractivity (Wildman–Crippen MR) is 130 cm³/mol. The molecular weight excluding hydrogens is 446 g/mol. The van der Waals surface area contributed by atoms with E-state index in [-0.39, 0.29) is 17.9 Å². The third kappa shape index (κ3) is 3.97. The highest BCUT2D eigenvalue weighted by Gasteiger charge is 2.46. The summed E-state index contributed by atoms with van der Waals surface area (Å²) < 4.78 is 11.2. The summed E-state index contributed by atoms with van der Waals surface area (Å²) in [6.07, 6.45) is 3.20. The molecule has 35 heavy (non-hydrogen) atoms. The van der Waals surface area contributed by atoms with Crippen LogP contribution in [-0.4, -0.2) is 54.0 Å². The van der Waals surface area contributed by atoms with Crippen molar-refractivity contribution >= 4 is 23.1 Å². The van der Waals surface area contributed by atoms with E-state index in [1.165, 1.54) is 4.90 Å². The van der Waals surface area contributed by atoms with Crippen LogP contribution in [-0.2, 0) is 16.1 Å². The van der Waals surface area contributed by atoms with Gasteiger partial charge in [-0.15, -0.1) is 0 Å². The van der Waals surface area contributed by atoms with Crippen molar-refractivity contribution in [3.8, 4) is 11.5 Å². The van der Waals surface area contributed by atoms with Crippen LogP contribution < -0.4 is 14.4 Å². The lowest BCUT2D eigenvalue weighted by Crippen LogP contribution is -2.29. The summed E-state index contributed by atoms with van der Waals surface area (Å²) in [5.74, 6) is -0.327. The van der Waals surface area contributed by atoms with E-state index in [1.54, 1.807) is 55.9 Å². The highest BCUT2D eigenvalue weighted by Crippen LogP contribution is 2.42. The Bertz CT molecular complexity index is 1320. The summed E-state index contributed by atoms with van der Waals surface area (Å²) in [6, 6.07) is 15.3. The molecule has 3 heterocycles. The number of Topliss-reactive ketones (excluding diaryl/α,β-unsaturated/α-hetero) is 1. The molecule has 0 aliphatic carbocycles. The minimum Gasteiger partial charge on any atom is -0.507 e. The van der Waals surface area contributed by atoms with Gasteiger partial charge in [0.2, 0.25) is 0 Å². The molecule has 8 nitrogen and oxygen atoms in total. The molecule has 2 aliphatic rings. The van der Waals surface area contributed by atoms with Gasteiger partial charge in [-0.3, -0.25) is 14.6 Å². The van der Waals surface area contributed by atoms with Crippen molar-refractivity contribution in [2.24, 2.45) is 0 Å². The first-order valence-electron chi connectivity index (χ1n) is 11.3. The van der Waals surface area contributed by atoms with Gasteiger partial charge in [-0.1, -0.05) is 18.2 Å². The quantitative estimate of drug-likeness (QED) is 0.346. The van der Waals surface area contributed by atoms with Crippen LogP contribution in [0.1, 0.15) is 22.7 Å². The van der Waals surface area contributed by atoms with Crippen molar-refractivity contribution in [1.29, 1.82) is 0 Å². The first-order chi connectivity index (χ1) is 17.0. The lowest BCUT2D eigenvalue weighted by Gasteiger charge is -2.28. The van der Waals surface area contributed by atoms with Crippen molar-refractivity contribution in [2.75, 3.05) is 32.2 Å². The minimum atomic E-state index is -0.784. The number of likely N-dealkylation sites (tertiary alicyclic amines) is 1. The highest BCUT2D eigenvalue weighted by molar-refractivity contribution is 6.46. The first kappa shape index (κ1) is 22.5. The molecule has 1 atom stereocenters. The number of aromatic nitrogens is 1. The Kier molecular flexibility index (Phi) is 5.86. The van der Waals surface area contributed by atoms with Crippen molar-refractivity contribution in [3.05, 3.63) is 89.3 Å². The Balaban J connectivity index is 1.63. The molecular formula is C27H25N3O5. The van der Waals surface area contributed by atoms with Gasteiger partial charge in [-0.05, 0) is 42.0 Å². The van der Waals surface area contributed by atoms with Gasteiger partial charge in [-0.2, -0.15) is 0 Å². The number of likely N-dealkylation sites (N-methyl/N-ethyl adjacent to an activating group) is 1. The molecule has 8 heteroatoms. The molecule has 2 aliphatic heterocycles. The fourth-order valence-corrected chi connectivity index (χ4v) is 4.61. The number of aliphatic hydroxyl groups is 1. The summed E-state index contributed by atoms with van der Waals surface area (Å²) >= 11 is 0. The highest BCUT2D eigenvalue weighted by atomic mass is 16.5. The van der Waals surface area contributed by atoms with Crippen molar-refractivity contribution < 1.29 is 24.2 Å². The zero-order valence-electron chi connectivity index (χ0n) is 19.5. The average Bonchev–Trinajstić information content (AvgIpc) is 3.14. The van der Waals surface area contributed by atoms with Gasteiger partial charge in [0, 0.05) is 30.6 Å². The molecule has 1 unspecified atom stereocenters. The van der Waals surface area contributed by atoms with Gasteiger partial charge in [0.25, 0.3) is 11.7 Å². The maximum absolute atomic E-state index is 13.3. The maximum Gasteiger partial charge on any atom is 0.295 e. The topological polar surface area (TPSA) is 92.2 Å². The number of aliphatic hydroxyl groups excluding tert-OH is 1. The molecule has 0 radical (unpaired) electrons. The van der Waals surface area contributed by atoms with Gasteiger partial charge in [0.1, 0.15) is 23.9 Å². The number of nitrogens with zero attached hydrogens (tertiary/aromatic N) is 3. The van der Waals surface area contributed by atoms with E-state index in [2.05, 4.69) is 4.98 Å². The third-order valence-electron chi connectivity index (χ3n) is 6.42. The molecule has 1 amide bonds. The van der Waals surface area contributed by atoms with E-state index in [0.717, 1.165) is 11.3 Å². The standard InChI is InChI=1S/C27H25N3O5/c1-29-13-14-35-22-8-7-18(15-20(22)29)25(31)23-24(17-9-11-28-12-10-17)30(27(33)26(23)32)16-19-5-3-4-6-21(19)34-2/h3-12,15,24,31H,13-14,16H2,1-2H3/b25-23-. The molecule has 5 rings (SSSR count). The van der Waals surface area contributed by atoms with Crippen LogP contribution in [0, 0.1) is 0 Å². The Hall–Kier alpha value is -4.33. The number of ether oxygens (including phenoxy) is 2. The number of methoxy groups -OCH3 is 1. The number of carbonyl (C=O) groups is 2. The summed E-state index contributed by atoms with van der Waals surface area (Å²) in [5, 5.41) is 11.4. The van der Waals surface area contributed by atoms with E-state index >= 15 is 0 Å². The van der Waals surface area contributed by atoms with Gasteiger partial charge in [0.15, 0.2) is 0 Å². The van der Waals surface area contributed by atoms with Crippen LogP contribution in [0.4, 0.5) is 5.69 Å². The molecule has 1 fully saturated rings. The largest absolute Gasteiger partial charge is 0.507 e. The predicted octanol–water partition coefficient (Wildman–Crippen LogP) is 3.54. The van der Waals surface area contributed by atoms with Crippen LogP contribution in [0.25, 0.3) is 5.76 Å². The molecule has 178 valence electrons. The fourth-order valence-electron chi connectivity index (χ4n) is 4.61. The number of rotatable bonds is 5. The SMILES string of the molecule is COc1ccccc1CN1C(=O)C(=O)/C(=C(\O)c2ccc3c(c2)N(C)CCO3)C1c1ccncc1. The number of ketones is 1. The monoisotopic (exact) mass is 471 g/mol. The van der Waals surface area contributed by atoms with Gasteiger partial charge >= 0.3 is 0 Å².